The van der Waals surface area contributed by atoms with Crippen LogP contribution in [-0.2, 0) is 4.74 Å². The zero-order valence-corrected chi connectivity index (χ0v) is 3.70. The van der Waals surface area contributed by atoms with Crippen LogP contribution in [0.2, 0.25) is 0 Å². The summed E-state index contributed by atoms with van der Waals surface area (Å²) in [5, 5.41) is 0. The Kier molecular flexibility index (Phi) is 0.588. The molecule has 1 aliphatic heterocycles. The summed E-state index contributed by atoms with van der Waals surface area (Å²) in [5.41, 5.74) is 0.0231. The molecule has 0 N–H and O–H groups in total. The molecule has 0 amide bonds. The van der Waals surface area contributed by atoms with E-state index < -0.39 is 0 Å². The number of epoxide rings is 1. The summed E-state index contributed by atoms with van der Waals surface area (Å²) in [7, 11) is 0. The van der Waals surface area contributed by atoms with Crippen LogP contribution in [0.25, 0.3) is 0 Å². The molecule has 30 valence electrons. The predicted octanol–water partition coefficient (Wildman–Crippen LogP) is 0.970. The van der Waals surface area contributed by atoms with Crippen LogP contribution >= 0.6 is 11.6 Å². The molecule has 0 aromatic rings. The maximum Gasteiger partial charge on any atom is 0.157 e. The summed E-state index contributed by atoms with van der Waals surface area (Å²) in [6.07, 6.45) is 0.316. The van der Waals surface area contributed by atoms with Crippen molar-refractivity contribution in [3.63, 3.8) is 0 Å². The summed E-state index contributed by atoms with van der Waals surface area (Å²) < 4.78 is 4.68. The minimum Gasteiger partial charge on any atom is -0.353 e. The van der Waals surface area contributed by atoms with Gasteiger partial charge in [0.2, 0.25) is 0 Å². The van der Waals surface area contributed by atoms with Crippen molar-refractivity contribution in [2.45, 2.75) is 18.6 Å². The van der Waals surface area contributed by atoms with Crippen molar-refractivity contribution in [3.05, 3.63) is 0 Å². The van der Waals surface area contributed by atoms with Gasteiger partial charge in [0.25, 0.3) is 0 Å². The van der Waals surface area contributed by atoms with Crippen molar-refractivity contribution in [2.75, 3.05) is 0 Å². The van der Waals surface area contributed by atoms with Gasteiger partial charge in [0.1, 0.15) is 0 Å². The Morgan fingerprint density at radius 1 is 1.80 bits per heavy atom. The number of alkyl halides is 1. The normalized spacial score (nSPS) is 49.2. The van der Waals surface area contributed by atoms with Crippen molar-refractivity contribution in [3.8, 4) is 0 Å². The number of hydrogen-bond acceptors (Lipinski definition) is 1. The quantitative estimate of drug-likeness (QED) is 0.320. The second-order valence-electron chi connectivity index (χ2n) is 1.19. The Hall–Kier alpha value is 0.250. The molecular weight excluding hydrogens is 87.5 g/mol. The first-order chi connectivity index (χ1) is 2.30. The average molecular weight is 92.5 g/mol. The summed E-state index contributed by atoms with van der Waals surface area (Å²) in [5.74, 6) is 0. The maximum atomic E-state index is 5.31. The van der Waals surface area contributed by atoms with Crippen molar-refractivity contribution >= 4 is 11.6 Å². The van der Waals surface area contributed by atoms with Crippen LogP contribution in [0.1, 0.15) is 6.92 Å². The fraction of sp³-hybridized carbons (Fsp3) is 1.00. The van der Waals surface area contributed by atoms with Gasteiger partial charge in [-0.25, -0.2) is 0 Å². The number of ether oxygens (including phenoxy) is 1. The second-order valence-corrected chi connectivity index (χ2v) is 1.62. The number of halogens is 1. The third-order valence-electron chi connectivity index (χ3n) is 0.637. The van der Waals surface area contributed by atoms with Gasteiger partial charge in [-0.2, -0.15) is 0 Å². The highest BCUT2D eigenvalue weighted by atomic mass is 35.5. The van der Waals surface area contributed by atoms with Gasteiger partial charge < -0.3 is 4.74 Å². The van der Waals surface area contributed by atoms with Crippen LogP contribution in [0.4, 0.5) is 0 Å². The molecule has 0 aliphatic carbocycles. The molecule has 2 heteroatoms. The van der Waals surface area contributed by atoms with E-state index in [0.29, 0.717) is 6.10 Å². The highest BCUT2D eigenvalue weighted by Gasteiger charge is 2.30. The molecule has 0 radical (unpaired) electrons. The molecular formula is C3H5ClO. The molecule has 0 spiro atoms. The lowest BCUT2D eigenvalue weighted by atomic mass is 10.6. The summed E-state index contributed by atoms with van der Waals surface area (Å²) >= 11 is 5.31. The van der Waals surface area contributed by atoms with E-state index in [1.807, 2.05) is 6.92 Å². The van der Waals surface area contributed by atoms with Gasteiger partial charge in [0.15, 0.2) is 5.56 Å². The molecule has 1 rings (SSSR count). The molecule has 1 aliphatic rings. The maximum absolute atomic E-state index is 5.31. The molecule has 0 unspecified atom stereocenters. The molecule has 0 aromatic carbocycles. The minimum atomic E-state index is 0.0231. The molecule has 1 nitrogen and oxygen atoms in total. The summed E-state index contributed by atoms with van der Waals surface area (Å²) in [4.78, 5) is 0. The Balaban J connectivity index is 2.20. The number of hydrogen-bond donors (Lipinski definition) is 0. The van der Waals surface area contributed by atoms with E-state index in [1.54, 1.807) is 0 Å². The van der Waals surface area contributed by atoms with Crippen molar-refractivity contribution in [1.82, 2.24) is 0 Å². The molecule has 0 saturated carbocycles. The van der Waals surface area contributed by atoms with E-state index in [9.17, 15) is 0 Å². The molecule has 2 atom stereocenters. The smallest absolute Gasteiger partial charge is 0.157 e. The zero-order chi connectivity index (χ0) is 3.86. The van der Waals surface area contributed by atoms with Crippen LogP contribution in [0, 0.1) is 0 Å². The molecule has 1 saturated heterocycles. The lowest BCUT2D eigenvalue weighted by molar-refractivity contribution is 0.411. The third kappa shape index (κ3) is 0.551. The van der Waals surface area contributed by atoms with E-state index in [0.717, 1.165) is 0 Å². The van der Waals surface area contributed by atoms with E-state index in [1.165, 1.54) is 0 Å². The standard InChI is InChI=1S/C3H5ClO/c1-2-3(4)5-2/h2-3H,1H3/t2-,3+/m0/s1. The van der Waals surface area contributed by atoms with Crippen LogP contribution in [0.3, 0.4) is 0 Å². The van der Waals surface area contributed by atoms with Crippen LogP contribution in [-0.4, -0.2) is 11.7 Å². The van der Waals surface area contributed by atoms with Gasteiger partial charge >= 0.3 is 0 Å². The van der Waals surface area contributed by atoms with E-state index in [2.05, 4.69) is 4.74 Å². The van der Waals surface area contributed by atoms with Gasteiger partial charge in [0.05, 0.1) is 6.10 Å². The first-order valence-electron chi connectivity index (χ1n) is 1.60. The van der Waals surface area contributed by atoms with Crippen molar-refractivity contribution in [2.24, 2.45) is 0 Å². The van der Waals surface area contributed by atoms with Gasteiger partial charge in [-0.3, -0.25) is 0 Å². The van der Waals surface area contributed by atoms with E-state index >= 15 is 0 Å². The first kappa shape index (κ1) is 3.44. The predicted molar refractivity (Wildman–Crippen MR) is 20.2 cm³/mol. The average Bonchev–Trinajstić information content (AvgIpc) is 1.79. The van der Waals surface area contributed by atoms with Gasteiger partial charge in [0, 0.05) is 0 Å². The topological polar surface area (TPSA) is 12.5 Å². The highest BCUT2D eigenvalue weighted by molar-refractivity contribution is 6.21. The molecule has 0 bridgehead atoms. The van der Waals surface area contributed by atoms with Gasteiger partial charge in [-0.15, -0.1) is 0 Å². The Morgan fingerprint density at radius 2 is 2.00 bits per heavy atom. The van der Waals surface area contributed by atoms with Crippen molar-refractivity contribution in [1.29, 1.82) is 0 Å². The lowest BCUT2D eigenvalue weighted by Crippen LogP contribution is -1.69. The van der Waals surface area contributed by atoms with E-state index in [4.69, 9.17) is 11.6 Å². The highest BCUT2D eigenvalue weighted by Crippen LogP contribution is 2.23. The monoisotopic (exact) mass is 92.0 g/mol. The molecule has 1 heterocycles. The molecule has 0 aromatic heterocycles. The fourth-order valence-corrected chi connectivity index (χ4v) is 0.322. The summed E-state index contributed by atoms with van der Waals surface area (Å²) in [6, 6.07) is 0. The SMILES string of the molecule is C[C@@H]1O[C@H]1Cl. The van der Waals surface area contributed by atoms with Crippen LogP contribution < -0.4 is 0 Å². The Bertz CT molecular complexity index is 40.2. The lowest BCUT2D eigenvalue weighted by Gasteiger charge is -1.55. The van der Waals surface area contributed by atoms with Crippen LogP contribution in [0.5, 0.6) is 0 Å². The van der Waals surface area contributed by atoms with Crippen LogP contribution in [0.15, 0.2) is 0 Å². The third-order valence-corrected chi connectivity index (χ3v) is 1.09. The zero-order valence-electron chi connectivity index (χ0n) is 2.94. The molecule has 5 heavy (non-hydrogen) atoms. The second kappa shape index (κ2) is 0.854. The number of rotatable bonds is 0. The summed E-state index contributed by atoms with van der Waals surface area (Å²) in [6.45, 7) is 1.94. The largest absolute Gasteiger partial charge is 0.353 e. The Morgan fingerprint density at radius 3 is 2.00 bits per heavy atom. The minimum absolute atomic E-state index is 0.0231. The van der Waals surface area contributed by atoms with Gasteiger partial charge in [-0.05, 0) is 6.92 Å². The first-order valence-corrected chi connectivity index (χ1v) is 2.04. The van der Waals surface area contributed by atoms with Crippen molar-refractivity contribution < 1.29 is 4.74 Å². The molecule has 1 fully saturated rings. The fourth-order valence-electron chi connectivity index (χ4n) is 0.160. The Labute approximate surface area is 35.9 Å². The van der Waals surface area contributed by atoms with E-state index in [-0.39, 0.29) is 5.56 Å². The van der Waals surface area contributed by atoms with Gasteiger partial charge in [-0.1, -0.05) is 11.6 Å².